The summed E-state index contributed by atoms with van der Waals surface area (Å²) in [6.07, 6.45) is 2.03. The summed E-state index contributed by atoms with van der Waals surface area (Å²) in [5.41, 5.74) is 0.311. The summed E-state index contributed by atoms with van der Waals surface area (Å²) in [7, 11) is -2.27. The zero-order valence-electron chi connectivity index (χ0n) is 5.02. The van der Waals surface area contributed by atoms with Gasteiger partial charge >= 0.3 is 0 Å². The molecule has 0 saturated carbocycles. The van der Waals surface area contributed by atoms with Crippen LogP contribution in [0.2, 0.25) is 0 Å². The van der Waals surface area contributed by atoms with Crippen molar-refractivity contribution in [1.29, 1.82) is 0 Å². The van der Waals surface area contributed by atoms with Crippen LogP contribution in [0.25, 0.3) is 0 Å². The molecule has 0 unspecified atom stereocenters. The first-order valence-corrected chi connectivity index (χ1v) is 5.81. The smallest absolute Gasteiger partial charge is 0.119 e. The van der Waals surface area contributed by atoms with Gasteiger partial charge in [0.25, 0.3) is 0 Å². The maximum absolute atomic E-state index is 11.2. The summed E-state index contributed by atoms with van der Waals surface area (Å²) < 4.78 is 11.2. The van der Waals surface area contributed by atoms with Crippen LogP contribution in [0.15, 0.2) is 12.7 Å². The van der Waals surface area contributed by atoms with E-state index in [9.17, 15) is 4.57 Å². The van der Waals surface area contributed by atoms with Crippen molar-refractivity contribution in [1.82, 2.24) is 0 Å². The second kappa shape index (κ2) is 4.38. The van der Waals surface area contributed by atoms with Crippen LogP contribution < -0.4 is 0 Å². The zero-order valence-corrected chi connectivity index (χ0v) is 7.42. The molecule has 0 aromatic heterocycles. The van der Waals surface area contributed by atoms with E-state index in [0.717, 1.165) is 0 Å². The molecule has 0 rings (SSSR count). The molecule has 1 nitrogen and oxygen atoms in total. The lowest BCUT2D eigenvalue weighted by Crippen LogP contribution is -1.88. The van der Waals surface area contributed by atoms with E-state index < -0.39 is 7.14 Å². The third-order valence-electron chi connectivity index (χ3n) is 0.897. The summed E-state index contributed by atoms with van der Waals surface area (Å²) in [5.74, 6) is 0. The van der Waals surface area contributed by atoms with Gasteiger partial charge in [-0.15, -0.1) is 29.8 Å². The molecule has 0 aliphatic rings. The van der Waals surface area contributed by atoms with Crippen LogP contribution in [0.3, 0.4) is 0 Å². The first kappa shape index (κ1) is 9.55. The average molecular weight is 187 g/mol. The Hall–Kier alpha value is 0.550. The highest BCUT2D eigenvalue weighted by molar-refractivity contribution is 7.67. The Kier molecular flexibility index (Phi) is 4.65. The van der Waals surface area contributed by atoms with E-state index in [1.165, 1.54) is 0 Å². The molecule has 0 fully saturated rings. The monoisotopic (exact) mass is 186 g/mol. The predicted molar refractivity (Wildman–Crippen MR) is 44.1 cm³/mol. The van der Waals surface area contributed by atoms with Gasteiger partial charge in [-0.3, -0.25) is 0 Å². The van der Waals surface area contributed by atoms with Gasteiger partial charge < -0.3 is 4.57 Å². The molecule has 0 radical (unpaired) electrons. The lowest BCUT2D eigenvalue weighted by molar-refractivity contribution is 0.582. The Labute approximate surface area is 65.4 Å². The molecule has 9 heavy (non-hydrogen) atoms. The van der Waals surface area contributed by atoms with Crippen LogP contribution in [0.1, 0.15) is 0 Å². The van der Waals surface area contributed by atoms with E-state index in [1.54, 1.807) is 6.08 Å². The largest absolute Gasteiger partial charge is 0.321 e. The van der Waals surface area contributed by atoms with E-state index in [4.69, 9.17) is 23.2 Å². The Morgan fingerprint density at radius 1 is 1.44 bits per heavy atom. The maximum Gasteiger partial charge on any atom is 0.119 e. The highest BCUT2D eigenvalue weighted by Gasteiger charge is 2.16. The number of hydrogen-bond donors (Lipinski definition) is 0. The SMILES string of the molecule is C=CCP(=O)(CCl)CCl. The van der Waals surface area contributed by atoms with E-state index in [2.05, 4.69) is 6.58 Å². The molecule has 0 aliphatic carbocycles. The van der Waals surface area contributed by atoms with Gasteiger partial charge in [0.2, 0.25) is 0 Å². The van der Waals surface area contributed by atoms with Gasteiger partial charge in [-0.1, -0.05) is 6.08 Å². The molecule has 4 heteroatoms. The summed E-state index contributed by atoms with van der Waals surface area (Å²) in [6, 6.07) is 0. The summed E-state index contributed by atoms with van der Waals surface area (Å²) in [5, 5.41) is 0. The Bertz CT molecular complexity index is 127. The van der Waals surface area contributed by atoms with Crippen molar-refractivity contribution in [2.75, 3.05) is 17.4 Å². The standard InChI is InChI=1S/C5H9Cl2OP/c1-2-3-9(8,4-6)5-7/h2H,1,3-5H2. The van der Waals surface area contributed by atoms with Gasteiger partial charge in [0.05, 0.1) is 11.2 Å². The average Bonchev–Trinajstić information content (AvgIpc) is 1.89. The van der Waals surface area contributed by atoms with E-state index >= 15 is 0 Å². The fourth-order valence-corrected chi connectivity index (χ4v) is 2.45. The normalized spacial score (nSPS) is 11.3. The second-order valence-electron chi connectivity index (χ2n) is 1.77. The molecule has 0 heterocycles. The minimum atomic E-state index is -2.27. The second-order valence-corrected chi connectivity index (χ2v) is 6.16. The zero-order chi connectivity index (χ0) is 7.33. The summed E-state index contributed by atoms with van der Waals surface area (Å²) in [4.78, 5) is 0. The quantitative estimate of drug-likeness (QED) is 0.375. The molecular formula is C5H9Cl2OP. The Morgan fingerprint density at radius 2 is 1.89 bits per heavy atom. The van der Waals surface area contributed by atoms with Crippen LogP contribution in [0, 0.1) is 0 Å². The van der Waals surface area contributed by atoms with Crippen molar-refractivity contribution >= 4 is 30.3 Å². The minimum absolute atomic E-state index is 0.155. The molecule has 0 amide bonds. The highest BCUT2D eigenvalue weighted by atomic mass is 35.5. The molecule has 0 atom stereocenters. The number of halogens is 2. The molecule has 0 aromatic carbocycles. The van der Waals surface area contributed by atoms with Crippen molar-refractivity contribution in [3.63, 3.8) is 0 Å². The van der Waals surface area contributed by atoms with E-state index in [1.807, 2.05) is 0 Å². The van der Waals surface area contributed by atoms with Gasteiger partial charge in [0.15, 0.2) is 0 Å². The third kappa shape index (κ3) is 3.30. The van der Waals surface area contributed by atoms with Gasteiger partial charge in [0.1, 0.15) is 7.14 Å². The van der Waals surface area contributed by atoms with Crippen molar-refractivity contribution in [2.24, 2.45) is 0 Å². The lowest BCUT2D eigenvalue weighted by atomic mass is 10.8. The van der Waals surface area contributed by atoms with E-state index in [0.29, 0.717) is 6.16 Å². The first-order valence-electron chi connectivity index (χ1n) is 2.48. The maximum atomic E-state index is 11.2. The lowest BCUT2D eigenvalue weighted by Gasteiger charge is -2.06. The number of alkyl halides is 2. The van der Waals surface area contributed by atoms with Gasteiger partial charge in [-0.25, -0.2) is 0 Å². The molecule has 0 spiro atoms. The van der Waals surface area contributed by atoms with Crippen molar-refractivity contribution < 1.29 is 4.57 Å². The van der Waals surface area contributed by atoms with Crippen LogP contribution in [-0.4, -0.2) is 17.4 Å². The van der Waals surface area contributed by atoms with E-state index in [-0.39, 0.29) is 11.2 Å². The third-order valence-corrected chi connectivity index (χ3v) is 5.31. The molecule has 0 bridgehead atoms. The molecule has 0 aliphatic heterocycles. The fraction of sp³-hybridized carbons (Fsp3) is 0.600. The molecule has 0 saturated heterocycles. The Balaban J connectivity index is 3.93. The van der Waals surface area contributed by atoms with Crippen LogP contribution >= 0.6 is 30.3 Å². The molecule has 0 aromatic rings. The fourth-order valence-electron chi connectivity index (χ4n) is 0.365. The van der Waals surface area contributed by atoms with Crippen molar-refractivity contribution in [3.8, 4) is 0 Å². The minimum Gasteiger partial charge on any atom is -0.321 e. The number of allylic oxidation sites excluding steroid dienone is 1. The van der Waals surface area contributed by atoms with Crippen LogP contribution in [0.4, 0.5) is 0 Å². The molecule has 54 valence electrons. The first-order chi connectivity index (χ1) is 4.18. The van der Waals surface area contributed by atoms with Gasteiger partial charge in [-0.05, 0) is 0 Å². The number of rotatable bonds is 4. The molecular weight excluding hydrogens is 178 g/mol. The summed E-state index contributed by atoms with van der Waals surface area (Å²) >= 11 is 10.8. The topological polar surface area (TPSA) is 17.1 Å². The van der Waals surface area contributed by atoms with Crippen LogP contribution in [0.5, 0.6) is 0 Å². The van der Waals surface area contributed by atoms with Crippen molar-refractivity contribution in [2.45, 2.75) is 0 Å². The number of hydrogen-bond acceptors (Lipinski definition) is 1. The highest BCUT2D eigenvalue weighted by Crippen LogP contribution is 2.47. The van der Waals surface area contributed by atoms with Gasteiger partial charge in [-0.2, -0.15) is 0 Å². The summed E-state index contributed by atoms with van der Waals surface area (Å²) in [6.45, 7) is 3.45. The van der Waals surface area contributed by atoms with Crippen molar-refractivity contribution in [3.05, 3.63) is 12.7 Å². The van der Waals surface area contributed by atoms with Crippen LogP contribution in [-0.2, 0) is 4.57 Å². The van der Waals surface area contributed by atoms with Gasteiger partial charge in [0, 0.05) is 6.16 Å². The Morgan fingerprint density at radius 3 is 2.00 bits per heavy atom. The molecule has 0 N–H and O–H groups in total. The predicted octanol–water partition coefficient (Wildman–Crippen LogP) is 2.93.